The van der Waals surface area contributed by atoms with Gasteiger partial charge in [0.25, 0.3) is 0 Å². The van der Waals surface area contributed by atoms with Crippen LogP contribution in [0.2, 0.25) is 0 Å². The number of anilines is 1. The van der Waals surface area contributed by atoms with Crippen LogP contribution in [0.15, 0.2) is 53.5 Å². The Hall–Kier alpha value is -2.05. The number of likely N-dealkylation sites (N-methyl/N-ethyl adjacent to an activating group) is 1. The summed E-state index contributed by atoms with van der Waals surface area (Å²) >= 11 is 0. The van der Waals surface area contributed by atoms with Gasteiger partial charge in [0.15, 0.2) is 5.96 Å². The third-order valence-corrected chi connectivity index (χ3v) is 5.20. The minimum Gasteiger partial charge on any atom is -0.406 e. The normalized spacial score (nSPS) is 15.8. The number of piperazine rings is 1. The Morgan fingerprint density at radius 2 is 1.59 bits per heavy atom. The van der Waals surface area contributed by atoms with Crippen molar-refractivity contribution in [2.24, 2.45) is 10.7 Å². The molecule has 0 aliphatic carbocycles. The van der Waals surface area contributed by atoms with E-state index in [4.69, 9.17) is 5.73 Å². The lowest BCUT2D eigenvalue weighted by Crippen LogP contribution is -2.45. The van der Waals surface area contributed by atoms with Crippen LogP contribution in [-0.4, -0.2) is 54.8 Å². The van der Waals surface area contributed by atoms with Crippen LogP contribution in [-0.2, 0) is 13.1 Å². The number of alkyl halides is 3. The maximum atomic E-state index is 12.2. The van der Waals surface area contributed by atoms with Crippen molar-refractivity contribution in [1.82, 2.24) is 9.80 Å². The quantitative estimate of drug-likeness (QED) is 0.300. The van der Waals surface area contributed by atoms with Crippen LogP contribution in [0.1, 0.15) is 18.1 Å². The van der Waals surface area contributed by atoms with Crippen molar-refractivity contribution in [3.63, 3.8) is 0 Å². The second kappa shape index (κ2) is 12.3. The molecule has 32 heavy (non-hydrogen) atoms. The molecule has 0 bridgehead atoms. The number of hydrogen-bond donors (Lipinski definition) is 2. The molecule has 176 valence electrons. The molecule has 10 heteroatoms. The van der Waals surface area contributed by atoms with Crippen LogP contribution in [0.4, 0.5) is 18.9 Å². The monoisotopic (exact) mass is 563 g/mol. The molecule has 0 radical (unpaired) electrons. The standard InChI is InChI=1S/C22H28F3N5O.HI/c1-2-29-11-13-30(14-12-29)16-18-6-4-3-5-17(18)15-27-21(26)28-19-7-9-20(10-8-19)31-22(23,24)25;/h3-10H,2,11-16H2,1H3,(H3,26,27,28);1H. The van der Waals surface area contributed by atoms with Gasteiger partial charge in [-0.25, -0.2) is 4.99 Å². The summed E-state index contributed by atoms with van der Waals surface area (Å²) in [7, 11) is 0. The zero-order chi connectivity index (χ0) is 22.3. The zero-order valence-electron chi connectivity index (χ0n) is 17.9. The highest BCUT2D eigenvalue weighted by atomic mass is 127. The Morgan fingerprint density at radius 1 is 1.00 bits per heavy atom. The lowest BCUT2D eigenvalue weighted by molar-refractivity contribution is -0.274. The van der Waals surface area contributed by atoms with Gasteiger partial charge in [-0.3, -0.25) is 4.90 Å². The van der Waals surface area contributed by atoms with E-state index in [1.54, 1.807) is 0 Å². The van der Waals surface area contributed by atoms with E-state index in [0.717, 1.165) is 44.8 Å². The fourth-order valence-corrected chi connectivity index (χ4v) is 3.47. The lowest BCUT2D eigenvalue weighted by atomic mass is 10.1. The van der Waals surface area contributed by atoms with Gasteiger partial charge in [0.05, 0.1) is 6.54 Å². The fraction of sp³-hybridized carbons (Fsp3) is 0.409. The average molecular weight is 563 g/mol. The highest BCUT2D eigenvalue weighted by molar-refractivity contribution is 14.0. The first kappa shape index (κ1) is 26.2. The summed E-state index contributed by atoms with van der Waals surface area (Å²) in [5, 5.41) is 2.89. The van der Waals surface area contributed by atoms with Gasteiger partial charge < -0.3 is 20.7 Å². The minimum atomic E-state index is -4.72. The number of nitrogens with zero attached hydrogens (tertiary/aromatic N) is 3. The molecule has 1 aliphatic rings. The van der Waals surface area contributed by atoms with E-state index in [1.807, 2.05) is 18.2 Å². The molecule has 2 aromatic rings. The summed E-state index contributed by atoms with van der Waals surface area (Å²) in [4.78, 5) is 9.29. The van der Waals surface area contributed by atoms with Crippen molar-refractivity contribution in [2.45, 2.75) is 26.4 Å². The molecule has 1 heterocycles. The van der Waals surface area contributed by atoms with Gasteiger partial charge in [0, 0.05) is 38.4 Å². The predicted octanol–water partition coefficient (Wildman–Crippen LogP) is 4.27. The van der Waals surface area contributed by atoms with E-state index in [0.29, 0.717) is 12.2 Å². The molecule has 0 atom stereocenters. The first-order valence-electron chi connectivity index (χ1n) is 10.3. The summed E-state index contributed by atoms with van der Waals surface area (Å²) in [5.41, 5.74) is 8.81. The van der Waals surface area contributed by atoms with E-state index in [2.05, 4.69) is 37.8 Å². The smallest absolute Gasteiger partial charge is 0.406 e. The summed E-state index contributed by atoms with van der Waals surface area (Å²) in [6, 6.07) is 13.5. The fourth-order valence-electron chi connectivity index (χ4n) is 3.47. The van der Waals surface area contributed by atoms with E-state index in [-0.39, 0.29) is 35.7 Å². The molecular formula is C22H29F3IN5O. The first-order valence-corrected chi connectivity index (χ1v) is 10.3. The maximum Gasteiger partial charge on any atom is 0.573 e. The van der Waals surface area contributed by atoms with Gasteiger partial charge in [-0.2, -0.15) is 0 Å². The summed E-state index contributed by atoms with van der Waals surface area (Å²) in [6.45, 7) is 8.82. The lowest BCUT2D eigenvalue weighted by Gasteiger charge is -2.34. The van der Waals surface area contributed by atoms with Crippen LogP contribution < -0.4 is 15.8 Å². The average Bonchev–Trinajstić information content (AvgIpc) is 2.74. The largest absolute Gasteiger partial charge is 0.573 e. The van der Waals surface area contributed by atoms with Gasteiger partial charge >= 0.3 is 6.36 Å². The minimum absolute atomic E-state index is 0. The highest BCUT2D eigenvalue weighted by Crippen LogP contribution is 2.24. The molecule has 3 rings (SSSR count). The van der Waals surface area contributed by atoms with E-state index < -0.39 is 6.36 Å². The molecule has 2 aromatic carbocycles. The van der Waals surface area contributed by atoms with Crippen molar-refractivity contribution < 1.29 is 17.9 Å². The predicted molar refractivity (Wildman–Crippen MR) is 131 cm³/mol. The number of nitrogens with two attached hydrogens (primary N) is 1. The molecule has 1 aliphatic heterocycles. The molecule has 1 fully saturated rings. The number of ether oxygens (including phenoxy) is 1. The Balaban J connectivity index is 0.00000363. The molecule has 3 N–H and O–H groups in total. The van der Waals surface area contributed by atoms with E-state index >= 15 is 0 Å². The summed E-state index contributed by atoms with van der Waals surface area (Å²) < 4.78 is 40.6. The molecule has 0 saturated carbocycles. The van der Waals surface area contributed by atoms with Crippen molar-refractivity contribution in [3.8, 4) is 5.75 Å². The van der Waals surface area contributed by atoms with Gasteiger partial charge in [-0.05, 0) is 41.9 Å². The SMILES string of the molecule is CCN1CCN(Cc2ccccc2CN=C(N)Nc2ccc(OC(F)(F)F)cc2)CC1.I. The molecule has 0 aromatic heterocycles. The third-order valence-electron chi connectivity index (χ3n) is 5.20. The molecule has 0 amide bonds. The maximum absolute atomic E-state index is 12.2. The van der Waals surface area contributed by atoms with Crippen molar-refractivity contribution in [3.05, 3.63) is 59.7 Å². The Morgan fingerprint density at radius 3 is 2.19 bits per heavy atom. The van der Waals surface area contributed by atoms with Gasteiger partial charge in [-0.15, -0.1) is 37.1 Å². The summed E-state index contributed by atoms with van der Waals surface area (Å²) in [6.07, 6.45) is -4.72. The number of rotatable bonds is 7. The second-order valence-electron chi connectivity index (χ2n) is 7.38. The van der Waals surface area contributed by atoms with E-state index in [1.165, 1.54) is 29.8 Å². The number of nitrogens with one attached hydrogen (secondary N) is 1. The molecule has 0 spiro atoms. The van der Waals surface area contributed by atoms with Crippen molar-refractivity contribution >= 4 is 35.6 Å². The van der Waals surface area contributed by atoms with Crippen LogP contribution in [0.25, 0.3) is 0 Å². The molecule has 0 unspecified atom stereocenters. The van der Waals surface area contributed by atoms with Gasteiger partial charge in [0.2, 0.25) is 0 Å². The third kappa shape index (κ3) is 8.47. The number of halogens is 4. The second-order valence-corrected chi connectivity index (χ2v) is 7.38. The number of aliphatic imine (C=N–C) groups is 1. The van der Waals surface area contributed by atoms with Crippen molar-refractivity contribution in [1.29, 1.82) is 0 Å². The van der Waals surface area contributed by atoms with Crippen LogP contribution in [0.3, 0.4) is 0 Å². The van der Waals surface area contributed by atoms with Crippen LogP contribution in [0.5, 0.6) is 5.75 Å². The zero-order valence-corrected chi connectivity index (χ0v) is 20.3. The highest BCUT2D eigenvalue weighted by Gasteiger charge is 2.30. The molecular weight excluding hydrogens is 534 g/mol. The van der Waals surface area contributed by atoms with Gasteiger partial charge in [0.1, 0.15) is 5.75 Å². The Bertz CT molecular complexity index is 869. The van der Waals surface area contributed by atoms with Crippen LogP contribution in [0, 0.1) is 0 Å². The number of benzene rings is 2. The van der Waals surface area contributed by atoms with Gasteiger partial charge in [-0.1, -0.05) is 31.2 Å². The first-order chi connectivity index (χ1) is 14.8. The number of hydrogen-bond acceptors (Lipinski definition) is 4. The summed E-state index contributed by atoms with van der Waals surface area (Å²) in [5.74, 6) is -0.0990. The van der Waals surface area contributed by atoms with Crippen molar-refractivity contribution in [2.75, 3.05) is 38.0 Å². The topological polar surface area (TPSA) is 66.1 Å². The molecule has 1 saturated heterocycles. The number of guanidine groups is 1. The Labute approximate surface area is 203 Å². The van der Waals surface area contributed by atoms with E-state index in [9.17, 15) is 13.2 Å². The molecule has 6 nitrogen and oxygen atoms in total. The Kier molecular flexibility index (Phi) is 10.0. The van der Waals surface area contributed by atoms with Crippen LogP contribution >= 0.6 is 24.0 Å².